The van der Waals surface area contributed by atoms with Gasteiger partial charge in [0.25, 0.3) is 0 Å². The third kappa shape index (κ3) is 9.43. The summed E-state index contributed by atoms with van der Waals surface area (Å²) in [5.74, 6) is 1.23. The SMILES string of the molecule is C[C@H](COCC(C(=O)C(COC[C@@H](C)c1ccccc1)N1CCC(CO)CC1)N1CCC(CO)CC1)c1ccccc1. The second kappa shape index (κ2) is 17.2. The number of piperidine rings is 2. The molecule has 42 heavy (non-hydrogen) atoms. The van der Waals surface area contributed by atoms with Crippen molar-refractivity contribution in [3.8, 4) is 0 Å². The van der Waals surface area contributed by atoms with Crippen LogP contribution in [0.3, 0.4) is 0 Å². The van der Waals surface area contributed by atoms with E-state index in [2.05, 4.69) is 47.9 Å². The first-order valence-electron chi connectivity index (χ1n) is 16.0. The van der Waals surface area contributed by atoms with Crippen LogP contribution in [0.1, 0.15) is 62.5 Å². The van der Waals surface area contributed by atoms with Gasteiger partial charge in [-0.05, 0) is 74.8 Å². The van der Waals surface area contributed by atoms with Crippen molar-refractivity contribution >= 4 is 5.78 Å². The predicted octanol–water partition coefficient (Wildman–Crippen LogP) is 4.34. The van der Waals surface area contributed by atoms with Gasteiger partial charge in [0.15, 0.2) is 5.78 Å². The number of ether oxygens (including phenoxy) is 2. The summed E-state index contributed by atoms with van der Waals surface area (Å²) in [6.07, 6.45) is 3.55. The Morgan fingerprint density at radius 1 is 0.667 bits per heavy atom. The fourth-order valence-electron chi connectivity index (χ4n) is 6.32. The number of likely N-dealkylation sites (tertiary alicyclic amines) is 2. The first-order valence-corrected chi connectivity index (χ1v) is 16.0. The van der Waals surface area contributed by atoms with Gasteiger partial charge in [0, 0.05) is 25.0 Å². The summed E-state index contributed by atoms with van der Waals surface area (Å²) in [6, 6.07) is 20.0. The molecule has 4 atom stereocenters. The average molecular weight is 581 g/mol. The van der Waals surface area contributed by atoms with Crippen LogP contribution in [0, 0.1) is 11.8 Å². The Morgan fingerprint density at radius 3 is 1.36 bits per heavy atom. The summed E-state index contributed by atoms with van der Waals surface area (Å²) >= 11 is 0. The summed E-state index contributed by atoms with van der Waals surface area (Å²) in [5.41, 5.74) is 2.46. The second-order valence-corrected chi connectivity index (χ2v) is 12.5. The summed E-state index contributed by atoms with van der Waals surface area (Å²) in [4.78, 5) is 19.1. The lowest BCUT2D eigenvalue weighted by molar-refractivity contribution is -0.136. The average Bonchev–Trinajstić information content (AvgIpc) is 3.05. The maximum Gasteiger partial charge on any atom is 0.171 e. The van der Waals surface area contributed by atoms with Crippen LogP contribution in [0.4, 0.5) is 0 Å². The summed E-state index contributed by atoms with van der Waals surface area (Å²) < 4.78 is 12.6. The lowest BCUT2D eigenvalue weighted by Gasteiger charge is -2.41. The number of hydrogen-bond donors (Lipinski definition) is 2. The van der Waals surface area contributed by atoms with Crippen molar-refractivity contribution in [3.63, 3.8) is 0 Å². The topological polar surface area (TPSA) is 82.5 Å². The first kappa shape index (κ1) is 32.8. The van der Waals surface area contributed by atoms with Gasteiger partial charge in [0.05, 0.1) is 38.5 Å². The Balaban J connectivity index is 1.45. The number of hydrogen-bond acceptors (Lipinski definition) is 7. The first-order chi connectivity index (χ1) is 20.5. The maximum absolute atomic E-state index is 14.5. The molecule has 2 heterocycles. The number of carbonyl (C=O) groups excluding carboxylic acids is 1. The Morgan fingerprint density at radius 2 is 1.02 bits per heavy atom. The molecule has 7 heteroatoms. The normalized spacial score (nSPS) is 20.7. The molecule has 7 nitrogen and oxygen atoms in total. The zero-order valence-electron chi connectivity index (χ0n) is 25.7. The van der Waals surface area contributed by atoms with Crippen molar-refractivity contribution in [2.24, 2.45) is 11.8 Å². The molecule has 232 valence electrons. The van der Waals surface area contributed by atoms with E-state index in [0.29, 0.717) is 38.3 Å². The molecule has 2 aromatic carbocycles. The highest BCUT2D eigenvalue weighted by molar-refractivity contribution is 5.89. The minimum absolute atomic E-state index is 0.166. The van der Waals surface area contributed by atoms with Crippen LogP contribution < -0.4 is 0 Å². The van der Waals surface area contributed by atoms with Crippen LogP contribution in [0.15, 0.2) is 60.7 Å². The molecule has 4 rings (SSSR count). The van der Waals surface area contributed by atoms with E-state index in [1.807, 2.05) is 36.4 Å². The monoisotopic (exact) mass is 580 g/mol. The van der Waals surface area contributed by atoms with E-state index in [4.69, 9.17) is 9.47 Å². The van der Waals surface area contributed by atoms with Crippen LogP contribution in [-0.4, -0.2) is 104 Å². The molecular weight excluding hydrogens is 528 g/mol. The number of carbonyl (C=O) groups is 1. The molecule has 2 fully saturated rings. The van der Waals surface area contributed by atoms with Crippen molar-refractivity contribution in [3.05, 3.63) is 71.8 Å². The van der Waals surface area contributed by atoms with E-state index < -0.39 is 0 Å². The van der Waals surface area contributed by atoms with Crippen molar-refractivity contribution in [1.29, 1.82) is 0 Å². The molecule has 0 saturated carbocycles. The number of aliphatic hydroxyl groups is 2. The smallest absolute Gasteiger partial charge is 0.171 e. The molecule has 0 radical (unpaired) electrons. The minimum atomic E-state index is -0.358. The van der Waals surface area contributed by atoms with E-state index in [1.54, 1.807) is 0 Å². The number of aliphatic hydroxyl groups excluding tert-OH is 2. The number of Topliss-reactive ketones (excluding diaryl/α,β-unsaturated/α-hetero) is 1. The van der Waals surface area contributed by atoms with E-state index in [-0.39, 0.29) is 42.9 Å². The number of benzene rings is 2. The number of rotatable bonds is 16. The van der Waals surface area contributed by atoms with E-state index >= 15 is 0 Å². The molecule has 2 aliphatic rings. The summed E-state index contributed by atoms with van der Waals surface area (Å²) in [6.45, 7) is 9.67. The number of ketones is 1. The quantitative estimate of drug-likeness (QED) is 0.306. The molecule has 0 bridgehead atoms. The summed E-state index contributed by atoms with van der Waals surface area (Å²) in [5, 5.41) is 19.4. The molecule has 0 amide bonds. The van der Waals surface area contributed by atoms with Crippen LogP contribution in [0.2, 0.25) is 0 Å². The van der Waals surface area contributed by atoms with E-state index in [1.165, 1.54) is 11.1 Å². The highest BCUT2D eigenvalue weighted by Crippen LogP contribution is 2.25. The van der Waals surface area contributed by atoms with Gasteiger partial charge in [0.1, 0.15) is 0 Å². The van der Waals surface area contributed by atoms with Crippen molar-refractivity contribution < 1.29 is 24.5 Å². The Bertz CT molecular complexity index is 941. The van der Waals surface area contributed by atoms with Gasteiger partial charge in [-0.15, -0.1) is 0 Å². The van der Waals surface area contributed by atoms with Gasteiger partial charge >= 0.3 is 0 Å². The molecule has 2 aliphatic heterocycles. The fourth-order valence-corrected chi connectivity index (χ4v) is 6.32. The van der Waals surface area contributed by atoms with Crippen LogP contribution in [0.5, 0.6) is 0 Å². The Hall–Kier alpha value is -2.13. The highest BCUT2D eigenvalue weighted by atomic mass is 16.5. The minimum Gasteiger partial charge on any atom is -0.396 e. The highest BCUT2D eigenvalue weighted by Gasteiger charge is 2.38. The Kier molecular flexibility index (Phi) is 13.5. The van der Waals surface area contributed by atoms with Crippen molar-refractivity contribution in [1.82, 2.24) is 9.80 Å². The molecule has 0 spiro atoms. The number of nitrogens with zero attached hydrogens (tertiary/aromatic N) is 2. The second-order valence-electron chi connectivity index (χ2n) is 12.5. The molecule has 2 N–H and O–H groups in total. The van der Waals surface area contributed by atoms with Crippen molar-refractivity contribution in [2.75, 3.05) is 65.8 Å². The molecule has 0 aliphatic carbocycles. The van der Waals surface area contributed by atoms with Crippen LogP contribution in [-0.2, 0) is 14.3 Å². The third-order valence-electron chi connectivity index (χ3n) is 9.38. The molecular formula is C35H52N2O5. The van der Waals surface area contributed by atoms with E-state index in [0.717, 1.165) is 51.9 Å². The largest absolute Gasteiger partial charge is 0.396 e. The predicted molar refractivity (Wildman–Crippen MR) is 167 cm³/mol. The lowest BCUT2D eigenvalue weighted by atomic mass is 9.92. The third-order valence-corrected chi connectivity index (χ3v) is 9.38. The van der Waals surface area contributed by atoms with Crippen molar-refractivity contribution in [2.45, 2.75) is 63.5 Å². The van der Waals surface area contributed by atoms with Gasteiger partial charge < -0.3 is 19.7 Å². The fraction of sp³-hybridized carbons (Fsp3) is 0.629. The zero-order valence-corrected chi connectivity index (χ0v) is 25.7. The van der Waals surface area contributed by atoms with Gasteiger partial charge in [-0.3, -0.25) is 14.6 Å². The lowest BCUT2D eigenvalue weighted by Crippen LogP contribution is -2.57. The van der Waals surface area contributed by atoms with Crippen LogP contribution >= 0.6 is 0 Å². The summed E-state index contributed by atoms with van der Waals surface area (Å²) in [7, 11) is 0. The zero-order chi connectivity index (χ0) is 29.7. The Labute approximate surface area is 252 Å². The van der Waals surface area contributed by atoms with Gasteiger partial charge in [-0.2, -0.15) is 0 Å². The maximum atomic E-state index is 14.5. The van der Waals surface area contributed by atoms with Crippen LogP contribution in [0.25, 0.3) is 0 Å². The molecule has 2 saturated heterocycles. The standard InChI is InChI=1S/C35H52N2O5/c1-27(31-9-5-3-6-10-31)23-41-25-33(36-17-13-29(21-38)14-18-36)35(40)34(37-19-15-30(22-39)16-20-37)26-42-24-28(2)32-11-7-4-8-12-32/h3-12,27-30,33-34,38-39H,13-26H2,1-2H3/t27-,28-,33?,34?/m1/s1. The molecule has 0 aromatic heterocycles. The van der Waals surface area contributed by atoms with Gasteiger partial charge in [-0.25, -0.2) is 0 Å². The van der Waals surface area contributed by atoms with Gasteiger partial charge in [0.2, 0.25) is 0 Å². The van der Waals surface area contributed by atoms with Gasteiger partial charge in [-0.1, -0.05) is 74.5 Å². The van der Waals surface area contributed by atoms with E-state index in [9.17, 15) is 15.0 Å². The molecule has 2 unspecified atom stereocenters. The molecule has 2 aromatic rings.